The Hall–Kier alpha value is -2.64. The fourth-order valence-electron chi connectivity index (χ4n) is 1.70. The molecule has 0 radical (unpaired) electrons. The van der Waals surface area contributed by atoms with E-state index in [4.69, 9.17) is 0 Å². The van der Waals surface area contributed by atoms with E-state index in [0.29, 0.717) is 6.07 Å². The van der Waals surface area contributed by atoms with Crippen LogP contribution < -0.4 is 10.9 Å². The standard InChI is InChI=1S/C14H9F5N2O/c15-8-5-6-9(11(16)7-8)13(22)21-20-12-4-2-1-3-10(12)14(17,18)19/h1-7,20H,(H,21,22). The second kappa shape index (κ2) is 6.00. The van der Waals surface area contributed by atoms with Gasteiger partial charge in [0.05, 0.1) is 16.8 Å². The number of rotatable bonds is 3. The van der Waals surface area contributed by atoms with Crippen LogP contribution in [-0.2, 0) is 6.18 Å². The van der Waals surface area contributed by atoms with E-state index in [-0.39, 0.29) is 0 Å². The third kappa shape index (κ3) is 3.51. The number of carbonyl (C=O) groups excluding carboxylic acids is 1. The lowest BCUT2D eigenvalue weighted by atomic mass is 10.2. The quantitative estimate of drug-likeness (QED) is 0.669. The average Bonchev–Trinajstić information content (AvgIpc) is 2.44. The highest BCUT2D eigenvalue weighted by atomic mass is 19.4. The predicted molar refractivity (Wildman–Crippen MR) is 68.9 cm³/mol. The summed E-state index contributed by atoms with van der Waals surface area (Å²) in [6.45, 7) is 0. The molecule has 0 atom stereocenters. The van der Waals surface area contributed by atoms with Gasteiger partial charge >= 0.3 is 6.18 Å². The summed E-state index contributed by atoms with van der Waals surface area (Å²) in [6.07, 6.45) is -4.62. The summed E-state index contributed by atoms with van der Waals surface area (Å²) in [5.41, 5.74) is 2.13. The maximum Gasteiger partial charge on any atom is 0.418 e. The molecule has 22 heavy (non-hydrogen) atoms. The van der Waals surface area contributed by atoms with Gasteiger partial charge in [-0.05, 0) is 24.3 Å². The molecular weight excluding hydrogens is 307 g/mol. The van der Waals surface area contributed by atoms with Gasteiger partial charge in [-0.1, -0.05) is 12.1 Å². The van der Waals surface area contributed by atoms with Crippen LogP contribution in [0.1, 0.15) is 15.9 Å². The maximum atomic E-state index is 13.4. The average molecular weight is 316 g/mol. The van der Waals surface area contributed by atoms with Crippen molar-refractivity contribution in [1.82, 2.24) is 5.43 Å². The Balaban J connectivity index is 2.15. The molecule has 2 N–H and O–H groups in total. The van der Waals surface area contributed by atoms with Gasteiger partial charge in [0.15, 0.2) is 0 Å². The lowest BCUT2D eigenvalue weighted by Gasteiger charge is -2.15. The number of hydrogen-bond acceptors (Lipinski definition) is 2. The van der Waals surface area contributed by atoms with Crippen molar-refractivity contribution in [3.63, 3.8) is 0 Å². The fourth-order valence-corrected chi connectivity index (χ4v) is 1.70. The second-order valence-electron chi connectivity index (χ2n) is 4.25. The molecule has 3 nitrogen and oxygen atoms in total. The molecule has 2 aromatic carbocycles. The van der Waals surface area contributed by atoms with Gasteiger partial charge in [0.2, 0.25) is 0 Å². The molecule has 116 valence electrons. The van der Waals surface area contributed by atoms with Crippen molar-refractivity contribution in [3.8, 4) is 0 Å². The number of amides is 1. The molecule has 0 bridgehead atoms. The van der Waals surface area contributed by atoms with E-state index in [0.717, 1.165) is 24.3 Å². The topological polar surface area (TPSA) is 41.1 Å². The highest BCUT2D eigenvalue weighted by Gasteiger charge is 2.33. The van der Waals surface area contributed by atoms with Gasteiger partial charge in [-0.3, -0.25) is 15.6 Å². The summed E-state index contributed by atoms with van der Waals surface area (Å²) >= 11 is 0. The Kier molecular flexibility index (Phi) is 4.30. The molecule has 1 amide bonds. The monoisotopic (exact) mass is 316 g/mol. The number of alkyl halides is 3. The minimum atomic E-state index is -4.62. The number of halogens is 5. The van der Waals surface area contributed by atoms with Gasteiger partial charge in [0.25, 0.3) is 5.91 Å². The molecule has 0 aliphatic heterocycles. The Morgan fingerprint density at radius 2 is 1.68 bits per heavy atom. The lowest BCUT2D eigenvalue weighted by Crippen LogP contribution is -2.31. The zero-order chi connectivity index (χ0) is 16.3. The minimum absolute atomic E-state index is 0.397. The predicted octanol–water partition coefficient (Wildman–Crippen LogP) is 3.74. The summed E-state index contributed by atoms with van der Waals surface area (Å²) in [5.74, 6) is -3.03. The van der Waals surface area contributed by atoms with Gasteiger partial charge in [-0.15, -0.1) is 0 Å². The van der Waals surface area contributed by atoms with Gasteiger partial charge < -0.3 is 0 Å². The molecule has 2 aromatic rings. The molecule has 0 fully saturated rings. The Labute approximate surface area is 121 Å². The zero-order valence-electron chi connectivity index (χ0n) is 10.8. The summed E-state index contributed by atoms with van der Waals surface area (Å²) in [7, 11) is 0. The number of hydrazine groups is 1. The lowest BCUT2D eigenvalue weighted by molar-refractivity contribution is -0.137. The van der Waals surface area contributed by atoms with Crippen molar-refractivity contribution < 1.29 is 26.7 Å². The summed E-state index contributed by atoms with van der Waals surface area (Å²) in [5, 5.41) is 0. The largest absolute Gasteiger partial charge is 0.418 e. The van der Waals surface area contributed by atoms with Gasteiger partial charge in [0.1, 0.15) is 11.6 Å². The van der Waals surface area contributed by atoms with E-state index >= 15 is 0 Å². The Morgan fingerprint density at radius 1 is 1.00 bits per heavy atom. The third-order valence-corrected chi connectivity index (χ3v) is 2.72. The molecule has 0 aliphatic rings. The van der Waals surface area contributed by atoms with Gasteiger partial charge in [-0.25, -0.2) is 8.78 Å². The Morgan fingerprint density at radius 3 is 2.32 bits per heavy atom. The van der Waals surface area contributed by atoms with E-state index in [1.54, 1.807) is 0 Å². The molecule has 0 saturated carbocycles. The van der Waals surface area contributed by atoms with E-state index < -0.39 is 40.5 Å². The number of hydrogen-bond donors (Lipinski definition) is 2. The minimum Gasteiger partial charge on any atom is -0.298 e. The van der Waals surface area contributed by atoms with Crippen LogP contribution in [0.4, 0.5) is 27.6 Å². The molecule has 2 rings (SSSR count). The van der Waals surface area contributed by atoms with Crippen LogP contribution in [0.15, 0.2) is 42.5 Å². The van der Waals surface area contributed by atoms with Crippen molar-refractivity contribution in [2.45, 2.75) is 6.18 Å². The van der Waals surface area contributed by atoms with Crippen LogP contribution in [0.25, 0.3) is 0 Å². The van der Waals surface area contributed by atoms with E-state index in [1.807, 2.05) is 5.43 Å². The number of carbonyl (C=O) groups is 1. The van der Waals surface area contributed by atoms with Crippen LogP contribution in [0.2, 0.25) is 0 Å². The van der Waals surface area contributed by atoms with Crippen molar-refractivity contribution in [3.05, 3.63) is 65.2 Å². The Bertz CT molecular complexity index is 700. The van der Waals surface area contributed by atoms with Crippen molar-refractivity contribution in [1.29, 1.82) is 0 Å². The van der Waals surface area contributed by atoms with Gasteiger partial charge in [0, 0.05) is 6.07 Å². The van der Waals surface area contributed by atoms with Crippen molar-refractivity contribution in [2.75, 3.05) is 5.43 Å². The van der Waals surface area contributed by atoms with Crippen LogP contribution in [0.3, 0.4) is 0 Å². The molecule has 0 aliphatic carbocycles. The SMILES string of the molecule is O=C(NNc1ccccc1C(F)(F)F)c1ccc(F)cc1F. The second-order valence-corrected chi connectivity index (χ2v) is 4.25. The molecule has 0 aromatic heterocycles. The molecule has 8 heteroatoms. The zero-order valence-corrected chi connectivity index (χ0v) is 10.8. The first-order valence-corrected chi connectivity index (χ1v) is 5.96. The van der Waals surface area contributed by atoms with Crippen LogP contribution in [-0.4, -0.2) is 5.91 Å². The van der Waals surface area contributed by atoms with Gasteiger partial charge in [-0.2, -0.15) is 13.2 Å². The van der Waals surface area contributed by atoms with Crippen LogP contribution in [0.5, 0.6) is 0 Å². The van der Waals surface area contributed by atoms with E-state index in [1.165, 1.54) is 12.1 Å². The molecule has 0 heterocycles. The number of benzene rings is 2. The van der Waals surface area contributed by atoms with Crippen molar-refractivity contribution >= 4 is 11.6 Å². The summed E-state index contributed by atoms with van der Waals surface area (Å²) < 4.78 is 64.4. The molecular formula is C14H9F5N2O. The number of nitrogens with one attached hydrogen (secondary N) is 2. The normalized spacial score (nSPS) is 11.1. The number of para-hydroxylation sites is 1. The van der Waals surface area contributed by atoms with Crippen molar-refractivity contribution in [2.24, 2.45) is 0 Å². The first-order chi connectivity index (χ1) is 10.3. The maximum absolute atomic E-state index is 13.4. The summed E-state index contributed by atoms with van der Waals surface area (Å²) in [4.78, 5) is 11.7. The molecule has 0 saturated heterocycles. The third-order valence-electron chi connectivity index (χ3n) is 2.72. The van der Waals surface area contributed by atoms with Crippen LogP contribution in [0, 0.1) is 11.6 Å². The van der Waals surface area contributed by atoms with Crippen LogP contribution >= 0.6 is 0 Å². The highest BCUT2D eigenvalue weighted by Crippen LogP contribution is 2.34. The first kappa shape index (κ1) is 15.7. The molecule has 0 spiro atoms. The van der Waals surface area contributed by atoms with E-state index in [9.17, 15) is 26.7 Å². The number of anilines is 1. The first-order valence-electron chi connectivity index (χ1n) is 5.96. The summed E-state index contributed by atoms with van der Waals surface area (Å²) in [6, 6.07) is 6.70. The highest BCUT2D eigenvalue weighted by molar-refractivity contribution is 5.95. The van der Waals surface area contributed by atoms with E-state index in [2.05, 4.69) is 5.43 Å². The smallest absolute Gasteiger partial charge is 0.298 e. The molecule has 0 unspecified atom stereocenters. The fraction of sp³-hybridized carbons (Fsp3) is 0.0714.